The number of aromatic nitrogens is 4. The van der Waals surface area contributed by atoms with E-state index in [0.29, 0.717) is 18.0 Å². The normalized spacial score (nSPS) is 13.8. The maximum Gasteiger partial charge on any atom is 0.348 e. The number of hydrogen-bond donors (Lipinski definition) is 0. The highest BCUT2D eigenvalue weighted by Crippen LogP contribution is 2.45. The first-order chi connectivity index (χ1) is 17.8. The zero-order valence-electron chi connectivity index (χ0n) is 22.2. The van der Waals surface area contributed by atoms with Crippen LogP contribution in [-0.2, 0) is 28.2 Å². The van der Waals surface area contributed by atoms with E-state index in [-0.39, 0.29) is 56.6 Å². The number of ether oxygens (including phenoxy) is 2. The van der Waals surface area contributed by atoms with Crippen molar-refractivity contribution in [1.82, 2.24) is 19.6 Å². The Bertz CT molecular complexity index is 1520. The van der Waals surface area contributed by atoms with Gasteiger partial charge in [0, 0.05) is 43.2 Å². The molecular formula is C26H31ClN4O6S. The largest absolute Gasteiger partial charge is 0.403 e. The maximum absolute atomic E-state index is 14.1. The van der Waals surface area contributed by atoms with Crippen LogP contribution < -0.4 is 4.74 Å². The Morgan fingerprint density at radius 1 is 1.18 bits per heavy atom. The number of ketones is 1. The second kappa shape index (κ2) is 10.6. The summed E-state index contributed by atoms with van der Waals surface area (Å²) in [6.45, 7) is 7.47. The first kappa shape index (κ1) is 28.0. The Morgan fingerprint density at radius 2 is 1.87 bits per heavy atom. The van der Waals surface area contributed by atoms with Gasteiger partial charge in [-0.2, -0.15) is 10.2 Å². The minimum Gasteiger partial charge on any atom is -0.403 e. The molecule has 1 aliphatic carbocycles. The van der Waals surface area contributed by atoms with E-state index in [4.69, 9.17) is 21.1 Å². The number of carbonyl (C=O) groups is 2. The second-order valence-corrected chi connectivity index (χ2v) is 12.1. The van der Waals surface area contributed by atoms with Crippen molar-refractivity contribution in [1.29, 1.82) is 0 Å². The fraction of sp³-hybridized carbons (Fsp3) is 0.462. The lowest BCUT2D eigenvalue weighted by Crippen LogP contribution is -2.17. The third kappa shape index (κ3) is 5.41. The van der Waals surface area contributed by atoms with Gasteiger partial charge in [0.05, 0.1) is 34.0 Å². The smallest absolute Gasteiger partial charge is 0.348 e. The number of aryl methyl sites for hydroxylation is 2. The quantitative estimate of drug-likeness (QED) is 0.263. The number of esters is 1. The molecule has 2 heterocycles. The number of rotatable bonds is 10. The van der Waals surface area contributed by atoms with Crippen molar-refractivity contribution in [2.24, 2.45) is 7.05 Å². The molecule has 1 aromatic carbocycles. The summed E-state index contributed by atoms with van der Waals surface area (Å²) in [7, 11) is -1.94. The zero-order chi connectivity index (χ0) is 27.9. The predicted molar refractivity (Wildman–Crippen MR) is 141 cm³/mol. The summed E-state index contributed by atoms with van der Waals surface area (Å²) in [5.74, 6) is -1.10. The van der Waals surface area contributed by atoms with Crippen molar-refractivity contribution in [3.63, 3.8) is 0 Å². The highest BCUT2D eigenvalue weighted by atomic mass is 35.5. The summed E-state index contributed by atoms with van der Waals surface area (Å²) in [6.07, 6.45) is 4.32. The van der Waals surface area contributed by atoms with Crippen molar-refractivity contribution < 1.29 is 27.5 Å². The summed E-state index contributed by atoms with van der Waals surface area (Å²) < 4.78 is 39.2. The van der Waals surface area contributed by atoms with E-state index in [1.807, 2.05) is 13.8 Å². The van der Waals surface area contributed by atoms with E-state index >= 15 is 0 Å². The minimum atomic E-state index is -3.64. The first-order valence-electron chi connectivity index (χ1n) is 12.3. The van der Waals surface area contributed by atoms with Gasteiger partial charge >= 0.3 is 5.97 Å². The Kier molecular flexibility index (Phi) is 7.83. The maximum atomic E-state index is 14.1. The van der Waals surface area contributed by atoms with Gasteiger partial charge in [-0.1, -0.05) is 11.6 Å². The number of sulfone groups is 1. The highest BCUT2D eigenvalue weighted by Gasteiger charge is 2.38. The van der Waals surface area contributed by atoms with Crippen LogP contribution >= 0.6 is 11.6 Å². The van der Waals surface area contributed by atoms with Crippen molar-refractivity contribution in [2.75, 3.05) is 12.9 Å². The monoisotopic (exact) mass is 562 g/mol. The van der Waals surface area contributed by atoms with Crippen LogP contribution in [0.4, 0.5) is 0 Å². The molecule has 204 valence electrons. The lowest BCUT2D eigenvalue weighted by molar-refractivity contribution is 0.0713. The Balaban J connectivity index is 1.88. The summed E-state index contributed by atoms with van der Waals surface area (Å²) in [6, 6.07) is 2.52. The van der Waals surface area contributed by atoms with Gasteiger partial charge in [0.2, 0.25) is 11.7 Å². The van der Waals surface area contributed by atoms with E-state index in [1.165, 1.54) is 21.5 Å². The average molecular weight is 563 g/mol. The molecule has 0 atom stereocenters. The molecule has 0 spiro atoms. The van der Waals surface area contributed by atoms with Crippen LogP contribution in [0.15, 0.2) is 23.2 Å². The van der Waals surface area contributed by atoms with Crippen LogP contribution in [0.25, 0.3) is 0 Å². The third-order valence-corrected chi connectivity index (χ3v) is 7.90. The molecule has 12 heteroatoms. The molecule has 0 unspecified atom stereocenters. The predicted octanol–water partition coefficient (Wildman–Crippen LogP) is 4.43. The van der Waals surface area contributed by atoms with E-state index in [9.17, 15) is 18.0 Å². The van der Waals surface area contributed by atoms with Crippen LogP contribution in [0.5, 0.6) is 5.88 Å². The summed E-state index contributed by atoms with van der Waals surface area (Å²) in [5.41, 5.74) is 1.72. The molecule has 0 amide bonds. The molecule has 0 saturated heterocycles. The first-order valence-corrected chi connectivity index (χ1v) is 14.6. The minimum absolute atomic E-state index is 0.00787. The lowest BCUT2D eigenvalue weighted by atomic mass is 9.99. The van der Waals surface area contributed by atoms with Crippen molar-refractivity contribution in [3.05, 3.63) is 57.0 Å². The Hall–Kier alpha value is -3.02. The van der Waals surface area contributed by atoms with Gasteiger partial charge in [-0.05, 0) is 52.7 Å². The van der Waals surface area contributed by atoms with Crippen LogP contribution in [-0.4, -0.2) is 52.6 Å². The molecular weight excluding hydrogens is 532 g/mol. The third-order valence-electron chi connectivity index (χ3n) is 6.29. The number of carbonyl (C=O) groups excluding carboxylic acids is 2. The van der Waals surface area contributed by atoms with Gasteiger partial charge in [-0.3, -0.25) is 9.48 Å². The van der Waals surface area contributed by atoms with E-state index < -0.39 is 21.6 Å². The highest BCUT2D eigenvalue weighted by molar-refractivity contribution is 7.90. The van der Waals surface area contributed by atoms with Gasteiger partial charge in [0.15, 0.2) is 9.84 Å². The molecule has 0 radical (unpaired) electrons. The van der Waals surface area contributed by atoms with E-state index in [1.54, 1.807) is 27.1 Å². The molecule has 0 aliphatic heterocycles. The van der Waals surface area contributed by atoms with Gasteiger partial charge in [0.1, 0.15) is 11.1 Å². The van der Waals surface area contributed by atoms with Crippen LogP contribution in [0.2, 0.25) is 5.02 Å². The van der Waals surface area contributed by atoms with Crippen LogP contribution in [0, 0.1) is 6.92 Å². The molecule has 1 saturated carbocycles. The summed E-state index contributed by atoms with van der Waals surface area (Å²) >= 11 is 6.68. The number of benzene rings is 1. The van der Waals surface area contributed by atoms with Gasteiger partial charge < -0.3 is 9.47 Å². The zero-order valence-corrected chi connectivity index (χ0v) is 23.8. The molecule has 0 N–H and O–H groups in total. The van der Waals surface area contributed by atoms with E-state index in [0.717, 1.165) is 19.1 Å². The summed E-state index contributed by atoms with van der Waals surface area (Å²) in [5, 5.41) is 8.86. The fourth-order valence-electron chi connectivity index (χ4n) is 4.28. The Labute approximate surface area is 226 Å². The number of nitrogens with zero attached hydrogens (tertiary/aromatic N) is 4. The van der Waals surface area contributed by atoms with Crippen molar-refractivity contribution in [2.45, 2.75) is 64.0 Å². The molecule has 10 nitrogen and oxygen atoms in total. The molecule has 1 fully saturated rings. The number of halogens is 1. The molecule has 2 aromatic heterocycles. The van der Waals surface area contributed by atoms with Crippen LogP contribution in [0.1, 0.15) is 88.8 Å². The topological polar surface area (TPSA) is 122 Å². The molecule has 0 bridgehead atoms. The summed E-state index contributed by atoms with van der Waals surface area (Å²) in [4.78, 5) is 27.3. The fourth-order valence-corrected chi connectivity index (χ4v) is 5.57. The standard InChI is InChI=1S/C26H31ClN4O6S/c1-7-36-13-19-20(38(6,34)35)11-10-17(22(19)27)24(32)21-23(16-8-9-16)29-31(14(2)3)25(21)37-26(33)18-12-30(5)28-15(18)4/h10-12,14,16H,7-9,13H2,1-6H3. The second-order valence-electron chi connectivity index (χ2n) is 9.71. The van der Waals surface area contributed by atoms with Gasteiger partial charge in [0.25, 0.3) is 0 Å². The molecule has 38 heavy (non-hydrogen) atoms. The van der Waals surface area contributed by atoms with Gasteiger partial charge in [-0.25, -0.2) is 17.9 Å². The average Bonchev–Trinajstić information content (AvgIpc) is 3.52. The van der Waals surface area contributed by atoms with Gasteiger partial charge in [-0.15, -0.1) is 0 Å². The SMILES string of the molecule is CCOCc1c(S(C)(=O)=O)ccc(C(=O)c2c(C3CC3)nn(C(C)C)c2OC(=O)c2cn(C)nc2C)c1Cl. The van der Waals surface area contributed by atoms with E-state index in [2.05, 4.69) is 10.2 Å². The molecule has 1 aliphatic rings. The van der Waals surface area contributed by atoms with Crippen molar-refractivity contribution in [3.8, 4) is 5.88 Å². The van der Waals surface area contributed by atoms with Crippen molar-refractivity contribution >= 4 is 33.2 Å². The lowest BCUT2D eigenvalue weighted by Gasteiger charge is -2.15. The van der Waals surface area contributed by atoms with Crippen LogP contribution in [0.3, 0.4) is 0 Å². The number of hydrogen-bond acceptors (Lipinski definition) is 8. The molecule has 3 aromatic rings. The molecule has 4 rings (SSSR count). The Morgan fingerprint density at radius 3 is 2.39 bits per heavy atom.